The summed E-state index contributed by atoms with van der Waals surface area (Å²) in [4.78, 5) is 25.0. The molecule has 0 aromatic heterocycles. The topological polar surface area (TPSA) is 52.6 Å². The Bertz CT molecular complexity index is 945. The van der Waals surface area contributed by atoms with Gasteiger partial charge in [0.2, 0.25) is 0 Å². The average molecular weight is 449 g/mol. The predicted octanol–water partition coefficient (Wildman–Crippen LogP) is 5.80. The van der Waals surface area contributed by atoms with Crippen LogP contribution in [0.2, 0.25) is 0 Å². The number of thioether (sulfide) groups is 1. The molecule has 3 aromatic carbocycles. The van der Waals surface area contributed by atoms with E-state index in [1.807, 2.05) is 78.9 Å². The van der Waals surface area contributed by atoms with Gasteiger partial charge in [-0.05, 0) is 23.1 Å². The highest BCUT2D eigenvalue weighted by molar-refractivity contribution is 7.98. The number of benzene rings is 3. The van der Waals surface area contributed by atoms with Gasteiger partial charge in [-0.1, -0.05) is 91.0 Å². The van der Waals surface area contributed by atoms with Gasteiger partial charge >= 0.3 is 11.9 Å². The van der Waals surface area contributed by atoms with Crippen LogP contribution in [0.3, 0.4) is 0 Å². The van der Waals surface area contributed by atoms with Crippen LogP contribution < -0.4 is 0 Å². The summed E-state index contributed by atoms with van der Waals surface area (Å²) in [6, 6.07) is 29.3. The van der Waals surface area contributed by atoms with Crippen molar-refractivity contribution in [2.45, 2.75) is 31.8 Å². The number of rotatable bonds is 12. The maximum atomic E-state index is 12.8. The van der Waals surface area contributed by atoms with E-state index in [4.69, 9.17) is 9.47 Å². The zero-order valence-electron chi connectivity index (χ0n) is 18.0. The lowest BCUT2D eigenvalue weighted by Gasteiger charge is -2.16. The van der Waals surface area contributed by atoms with Crippen molar-refractivity contribution in [3.05, 3.63) is 108 Å². The van der Waals surface area contributed by atoms with Gasteiger partial charge in [-0.3, -0.25) is 9.59 Å². The van der Waals surface area contributed by atoms with Gasteiger partial charge in [0.25, 0.3) is 0 Å². The van der Waals surface area contributed by atoms with E-state index < -0.39 is 0 Å². The fourth-order valence-electron chi connectivity index (χ4n) is 3.11. The predicted molar refractivity (Wildman–Crippen MR) is 128 cm³/mol. The average Bonchev–Trinajstić information content (AvgIpc) is 2.85. The molecule has 0 radical (unpaired) electrons. The molecular formula is C27H28O4S. The summed E-state index contributed by atoms with van der Waals surface area (Å²) >= 11 is 1.67. The summed E-state index contributed by atoms with van der Waals surface area (Å²) in [7, 11) is 0. The zero-order chi connectivity index (χ0) is 22.4. The number of ether oxygens (including phenoxy) is 2. The van der Waals surface area contributed by atoms with E-state index in [-0.39, 0.29) is 37.5 Å². The number of hydrogen-bond donors (Lipinski definition) is 0. The van der Waals surface area contributed by atoms with Crippen LogP contribution in [0.15, 0.2) is 91.0 Å². The van der Waals surface area contributed by atoms with E-state index in [1.165, 1.54) is 5.56 Å². The van der Waals surface area contributed by atoms with Gasteiger partial charge in [0, 0.05) is 17.9 Å². The first-order chi connectivity index (χ1) is 15.7. The molecule has 0 saturated carbocycles. The maximum Gasteiger partial charge on any atom is 0.310 e. The first-order valence-electron chi connectivity index (χ1n) is 10.7. The van der Waals surface area contributed by atoms with Crippen molar-refractivity contribution < 1.29 is 19.1 Å². The number of carbonyl (C=O) groups is 2. The third-order valence-electron chi connectivity index (χ3n) is 4.93. The maximum absolute atomic E-state index is 12.8. The SMILES string of the molecule is O=C(CCC(CSCc1ccccc1)C(=O)OCc1ccccc1)OCc1ccccc1. The fraction of sp³-hybridized carbons (Fsp3) is 0.259. The molecule has 5 heteroatoms. The molecule has 32 heavy (non-hydrogen) atoms. The molecule has 0 heterocycles. The molecule has 0 aliphatic carbocycles. The van der Waals surface area contributed by atoms with E-state index in [2.05, 4.69) is 12.1 Å². The molecule has 1 unspecified atom stereocenters. The first kappa shape index (κ1) is 23.6. The lowest BCUT2D eigenvalue weighted by Crippen LogP contribution is -2.21. The summed E-state index contributed by atoms with van der Waals surface area (Å²) in [6.45, 7) is 0.476. The molecular weight excluding hydrogens is 420 g/mol. The van der Waals surface area contributed by atoms with Gasteiger partial charge in [0.1, 0.15) is 13.2 Å². The third-order valence-corrected chi connectivity index (χ3v) is 6.10. The molecule has 4 nitrogen and oxygen atoms in total. The Hall–Kier alpha value is -3.05. The van der Waals surface area contributed by atoms with Crippen LogP contribution in [0.5, 0.6) is 0 Å². The second-order valence-corrected chi connectivity index (χ2v) is 8.51. The van der Waals surface area contributed by atoms with Crippen molar-refractivity contribution in [1.29, 1.82) is 0 Å². The third kappa shape index (κ3) is 8.60. The van der Waals surface area contributed by atoms with Crippen molar-refractivity contribution in [2.75, 3.05) is 5.75 Å². The Morgan fingerprint density at radius 2 is 1.19 bits per heavy atom. The van der Waals surface area contributed by atoms with Gasteiger partial charge in [-0.25, -0.2) is 0 Å². The van der Waals surface area contributed by atoms with Gasteiger partial charge in [0.15, 0.2) is 0 Å². The van der Waals surface area contributed by atoms with Crippen LogP contribution in [-0.2, 0) is 38.0 Å². The van der Waals surface area contributed by atoms with Gasteiger partial charge < -0.3 is 9.47 Å². The fourth-order valence-corrected chi connectivity index (χ4v) is 4.24. The monoisotopic (exact) mass is 448 g/mol. The van der Waals surface area contributed by atoms with E-state index >= 15 is 0 Å². The van der Waals surface area contributed by atoms with Crippen LogP contribution >= 0.6 is 11.8 Å². The minimum Gasteiger partial charge on any atom is -0.461 e. The number of esters is 2. The molecule has 166 valence electrons. The summed E-state index contributed by atoms with van der Waals surface area (Å²) in [5, 5.41) is 0. The molecule has 0 bridgehead atoms. The van der Waals surface area contributed by atoms with Gasteiger partial charge in [-0.15, -0.1) is 0 Å². The van der Waals surface area contributed by atoms with Crippen LogP contribution in [0.25, 0.3) is 0 Å². The van der Waals surface area contributed by atoms with Crippen LogP contribution in [0, 0.1) is 5.92 Å². The summed E-state index contributed by atoms with van der Waals surface area (Å²) in [5.74, 6) is 0.459. The van der Waals surface area contributed by atoms with Crippen molar-refractivity contribution >= 4 is 23.7 Å². The molecule has 0 aliphatic rings. The number of hydrogen-bond acceptors (Lipinski definition) is 5. The van der Waals surface area contributed by atoms with E-state index in [0.29, 0.717) is 12.2 Å². The van der Waals surface area contributed by atoms with Crippen molar-refractivity contribution in [3.8, 4) is 0 Å². The Kier molecular flexibility index (Phi) is 9.87. The van der Waals surface area contributed by atoms with Crippen molar-refractivity contribution in [3.63, 3.8) is 0 Å². The largest absolute Gasteiger partial charge is 0.461 e. The summed E-state index contributed by atoms with van der Waals surface area (Å²) in [6.07, 6.45) is 0.590. The lowest BCUT2D eigenvalue weighted by atomic mass is 10.1. The standard InChI is InChI=1S/C27H28O4S/c28-26(30-18-22-10-4-1-5-11-22)17-16-25(21-32-20-24-14-8-3-9-15-24)27(29)31-19-23-12-6-2-7-13-23/h1-15,25H,16-21H2. The Balaban J connectivity index is 1.49. The molecule has 3 rings (SSSR count). The van der Waals surface area contributed by atoms with E-state index in [1.54, 1.807) is 11.8 Å². The highest BCUT2D eigenvalue weighted by Crippen LogP contribution is 2.21. The van der Waals surface area contributed by atoms with Crippen LogP contribution in [-0.4, -0.2) is 17.7 Å². The van der Waals surface area contributed by atoms with Gasteiger partial charge in [-0.2, -0.15) is 11.8 Å². The molecule has 0 saturated heterocycles. The molecule has 0 spiro atoms. The van der Waals surface area contributed by atoms with Crippen LogP contribution in [0.1, 0.15) is 29.5 Å². The summed E-state index contributed by atoms with van der Waals surface area (Å²) < 4.78 is 10.9. The Morgan fingerprint density at radius 3 is 1.75 bits per heavy atom. The zero-order valence-corrected chi connectivity index (χ0v) is 18.8. The second-order valence-electron chi connectivity index (χ2n) is 7.48. The Labute approximate surface area is 194 Å². The minimum atomic E-state index is -0.364. The molecule has 0 aliphatic heterocycles. The first-order valence-corrected chi connectivity index (χ1v) is 11.9. The summed E-state index contributed by atoms with van der Waals surface area (Å²) in [5.41, 5.74) is 3.09. The van der Waals surface area contributed by atoms with Crippen molar-refractivity contribution in [2.24, 2.45) is 5.92 Å². The lowest BCUT2D eigenvalue weighted by molar-refractivity contribution is -0.150. The minimum absolute atomic E-state index is 0.184. The highest BCUT2D eigenvalue weighted by Gasteiger charge is 2.22. The normalized spacial score (nSPS) is 11.5. The molecule has 3 aromatic rings. The van der Waals surface area contributed by atoms with Crippen molar-refractivity contribution in [1.82, 2.24) is 0 Å². The quantitative estimate of drug-likeness (QED) is 0.328. The van der Waals surface area contributed by atoms with Gasteiger partial charge in [0.05, 0.1) is 5.92 Å². The number of carbonyl (C=O) groups excluding carboxylic acids is 2. The molecule has 0 amide bonds. The molecule has 0 fully saturated rings. The van der Waals surface area contributed by atoms with E-state index in [0.717, 1.165) is 16.9 Å². The highest BCUT2D eigenvalue weighted by atomic mass is 32.2. The Morgan fingerprint density at radius 1 is 0.688 bits per heavy atom. The molecule has 1 atom stereocenters. The smallest absolute Gasteiger partial charge is 0.310 e. The second kappa shape index (κ2) is 13.4. The van der Waals surface area contributed by atoms with Crippen LogP contribution in [0.4, 0.5) is 0 Å². The molecule has 0 N–H and O–H groups in total. The van der Waals surface area contributed by atoms with E-state index in [9.17, 15) is 9.59 Å².